The number of carbonyl (C=O) groups excluding carboxylic acids is 2. The number of halogens is 2. The maximum Gasteiger partial charge on any atom is 0.270 e. The Labute approximate surface area is 70.5 Å². The van der Waals surface area contributed by atoms with E-state index in [2.05, 4.69) is 21.2 Å². The molecule has 0 saturated carbocycles. The first-order valence-electron chi connectivity index (χ1n) is 2.47. The van der Waals surface area contributed by atoms with Crippen LogP contribution in [0.2, 0.25) is 0 Å². The van der Waals surface area contributed by atoms with E-state index in [0.717, 1.165) is 0 Å². The number of alkyl halides is 1. The average molecular weight is 224 g/mol. The van der Waals surface area contributed by atoms with E-state index in [1.54, 1.807) is 0 Å². The van der Waals surface area contributed by atoms with Gasteiger partial charge in [0.1, 0.15) is 5.03 Å². The standard InChI is InChI=1S/C5H3BrClNO2/c6-1-2-3(7)5(10)8-4(2)9/h1H2,(H,8,9,10). The molecule has 1 rings (SSSR count). The minimum Gasteiger partial charge on any atom is -0.288 e. The molecule has 5 heteroatoms. The first-order chi connectivity index (χ1) is 4.66. The zero-order valence-corrected chi connectivity index (χ0v) is 7.12. The van der Waals surface area contributed by atoms with Crippen molar-refractivity contribution in [2.75, 3.05) is 5.33 Å². The van der Waals surface area contributed by atoms with Crippen molar-refractivity contribution in [2.45, 2.75) is 0 Å². The first-order valence-corrected chi connectivity index (χ1v) is 3.97. The first kappa shape index (κ1) is 7.75. The van der Waals surface area contributed by atoms with Gasteiger partial charge in [0.15, 0.2) is 0 Å². The Morgan fingerprint density at radius 1 is 1.40 bits per heavy atom. The number of amides is 2. The van der Waals surface area contributed by atoms with Crippen LogP contribution >= 0.6 is 27.5 Å². The van der Waals surface area contributed by atoms with Crippen molar-refractivity contribution in [3.05, 3.63) is 10.6 Å². The molecule has 10 heavy (non-hydrogen) atoms. The molecular weight excluding hydrogens is 221 g/mol. The second kappa shape index (κ2) is 2.72. The molecule has 0 aromatic carbocycles. The largest absolute Gasteiger partial charge is 0.288 e. The third-order valence-corrected chi connectivity index (χ3v) is 2.06. The third-order valence-electron chi connectivity index (χ3n) is 1.10. The molecular formula is C5H3BrClNO2. The Hall–Kier alpha value is -0.350. The molecule has 1 aliphatic rings. The van der Waals surface area contributed by atoms with Crippen molar-refractivity contribution in [1.29, 1.82) is 0 Å². The third kappa shape index (κ3) is 1.09. The summed E-state index contributed by atoms with van der Waals surface area (Å²) in [4.78, 5) is 21.3. The van der Waals surface area contributed by atoms with E-state index in [4.69, 9.17) is 11.6 Å². The highest BCUT2D eigenvalue weighted by molar-refractivity contribution is 9.09. The Balaban J connectivity index is 3.01. The van der Waals surface area contributed by atoms with E-state index in [0.29, 0.717) is 10.9 Å². The lowest BCUT2D eigenvalue weighted by molar-refractivity contribution is -0.123. The van der Waals surface area contributed by atoms with E-state index in [1.165, 1.54) is 0 Å². The molecule has 0 aliphatic carbocycles. The second-order valence-corrected chi connectivity index (χ2v) is 2.65. The summed E-state index contributed by atoms with van der Waals surface area (Å²) in [5.41, 5.74) is 0.298. The van der Waals surface area contributed by atoms with Gasteiger partial charge in [-0.1, -0.05) is 27.5 Å². The van der Waals surface area contributed by atoms with Crippen LogP contribution in [0, 0.1) is 0 Å². The fourth-order valence-corrected chi connectivity index (χ4v) is 1.49. The Kier molecular flexibility index (Phi) is 2.11. The summed E-state index contributed by atoms with van der Waals surface area (Å²) in [6.07, 6.45) is 0. The van der Waals surface area contributed by atoms with Crippen molar-refractivity contribution < 1.29 is 9.59 Å². The van der Waals surface area contributed by atoms with E-state index >= 15 is 0 Å². The van der Waals surface area contributed by atoms with Crippen LogP contribution in [0.5, 0.6) is 0 Å². The second-order valence-electron chi connectivity index (χ2n) is 1.71. The molecule has 0 spiro atoms. The zero-order valence-electron chi connectivity index (χ0n) is 4.78. The molecule has 1 aliphatic heterocycles. The number of carbonyl (C=O) groups is 2. The quantitative estimate of drug-likeness (QED) is 0.522. The van der Waals surface area contributed by atoms with Gasteiger partial charge in [-0.25, -0.2) is 0 Å². The van der Waals surface area contributed by atoms with Crippen LogP contribution in [0.4, 0.5) is 0 Å². The summed E-state index contributed by atoms with van der Waals surface area (Å²) in [5, 5.41) is 2.35. The maximum absolute atomic E-state index is 10.7. The summed E-state index contributed by atoms with van der Waals surface area (Å²) < 4.78 is 0. The Morgan fingerprint density at radius 2 is 2.00 bits per heavy atom. The highest BCUT2D eigenvalue weighted by Gasteiger charge is 2.27. The van der Waals surface area contributed by atoms with Crippen molar-refractivity contribution in [3.8, 4) is 0 Å². The van der Waals surface area contributed by atoms with Crippen LogP contribution in [0.25, 0.3) is 0 Å². The van der Waals surface area contributed by atoms with Crippen molar-refractivity contribution in [2.24, 2.45) is 0 Å². The summed E-state index contributed by atoms with van der Waals surface area (Å²) in [6.45, 7) is 0. The van der Waals surface area contributed by atoms with Crippen LogP contribution in [0.3, 0.4) is 0 Å². The highest BCUT2D eigenvalue weighted by Crippen LogP contribution is 2.17. The fraction of sp³-hybridized carbons (Fsp3) is 0.200. The van der Waals surface area contributed by atoms with Gasteiger partial charge in [-0.15, -0.1) is 0 Å². The minimum atomic E-state index is -0.513. The number of rotatable bonds is 1. The molecule has 0 fully saturated rings. The lowest BCUT2D eigenvalue weighted by Crippen LogP contribution is -2.22. The predicted octanol–water partition coefficient (Wildman–Crippen LogP) is 0.531. The van der Waals surface area contributed by atoms with Gasteiger partial charge in [-0.05, 0) is 0 Å². The van der Waals surface area contributed by atoms with E-state index in [-0.39, 0.29) is 5.03 Å². The fourth-order valence-electron chi connectivity index (χ4n) is 0.589. The van der Waals surface area contributed by atoms with Crippen LogP contribution in [0.1, 0.15) is 0 Å². The van der Waals surface area contributed by atoms with Gasteiger partial charge in [0, 0.05) is 5.33 Å². The maximum atomic E-state index is 10.7. The summed E-state index contributed by atoms with van der Waals surface area (Å²) in [5.74, 6) is -0.923. The van der Waals surface area contributed by atoms with Crippen LogP contribution in [-0.4, -0.2) is 17.1 Å². The van der Waals surface area contributed by atoms with Gasteiger partial charge in [0.25, 0.3) is 11.8 Å². The van der Waals surface area contributed by atoms with E-state index in [1.807, 2.05) is 0 Å². The van der Waals surface area contributed by atoms with Crippen molar-refractivity contribution >= 4 is 39.3 Å². The minimum absolute atomic E-state index is 0.0122. The summed E-state index contributed by atoms with van der Waals surface area (Å²) >= 11 is 8.47. The van der Waals surface area contributed by atoms with Gasteiger partial charge >= 0.3 is 0 Å². The molecule has 0 bridgehead atoms. The van der Waals surface area contributed by atoms with Crippen molar-refractivity contribution in [1.82, 2.24) is 5.32 Å². The van der Waals surface area contributed by atoms with Crippen LogP contribution in [-0.2, 0) is 9.59 Å². The molecule has 1 heterocycles. The van der Waals surface area contributed by atoms with Gasteiger partial charge in [0.05, 0.1) is 5.57 Å². The number of imide groups is 1. The Bertz CT molecular complexity index is 236. The molecule has 1 N–H and O–H groups in total. The predicted molar refractivity (Wildman–Crippen MR) is 39.8 cm³/mol. The molecule has 0 radical (unpaired) electrons. The van der Waals surface area contributed by atoms with Gasteiger partial charge in [-0.2, -0.15) is 0 Å². The topological polar surface area (TPSA) is 46.2 Å². The van der Waals surface area contributed by atoms with E-state index < -0.39 is 11.8 Å². The van der Waals surface area contributed by atoms with Crippen LogP contribution < -0.4 is 5.32 Å². The molecule has 0 aromatic heterocycles. The number of hydrogen-bond acceptors (Lipinski definition) is 2. The molecule has 2 amide bonds. The molecule has 54 valence electrons. The summed E-state index contributed by atoms with van der Waals surface area (Å²) in [6, 6.07) is 0. The number of hydrogen-bond donors (Lipinski definition) is 1. The van der Waals surface area contributed by atoms with Crippen LogP contribution in [0.15, 0.2) is 10.6 Å². The smallest absolute Gasteiger partial charge is 0.270 e. The molecule has 0 saturated heterocycles. The average Bonchev–Trinajstić information content (AvgIpc) is 2.09. The molecule has 0 unspecified atom stereocenters. The Morgan fingerprint density at radius 3 is 2.20 bits per heavy atom. The normalized spacial score (nSPS) is 18.2. The van der Waals surface area contributed by atoms with Gasteiger partial charge < -0.3 is 0 Å². The monoisotopic (exact) mass is 223 g/mol. The molecule has 3 nitrogen and oxygen atoms in total. The van der Waals surface area contributed by atoms with E-state index in [9.17, 15) is 9.59 Å². The lowest BCUT2D eigenvalue weighted by atomic mass is 10.3. The lowest BCUT2D eigenvalue weighted by Gasteiger charge is -1.88. The molecule has 0 aromatic rings. The van der Waals surface area contributed by atoms with Crippen molar-refractivity contribution in [3.63, 3.8) is 0 Å². The number of nitrogens with one attached hydrogen (secondary N) is 1. The SMILES string of the molecule is O=C1NC(=O)C(CBr)=C1Cl. The van der Waals surface area contributed by atoms with Gasteiger partial charge in [-0.3, -0.25) is 14.9 Å². The highest BCUT2D eigenvalue weighted by atomic mass is 79.9. The summed E-state index contributed by atoms with van der Waals surface area (Å²) in [7, 11) is 0. The van der Waals surface area contributed by atoms with Gasteiger partial charge in [0.2, 0.25) is 0 Å². The molecule has 0 atom stereocenters. The zero-order chi connectivity index (χ0) is 7.72.